The number of halogens is 1. The second kappa shape index (κ2) is 9.34. The van der Waals surface area contributed by atoms with Crippen molar-refractivity contribution in [2.24, 2.45) is 0 Å². The number of furan rings is 1. The minimum Gasteiger partial charge on any atom is -0.459 e. The number of carbonyl (C=O) groups is 2. The molecular formula is C25H22FN3O3. The third-order valence-electron chi connectivity index (χ3n) is 5.02. The van der Waals surface area contributed by atoms with E-state index in [1.807, 2.05) is 37.3 Å². The van der Waals surface area contributed by atoms with Crippen LogP contribution in [0, 0.1) is 5.82 Å². The van der Waals surface area contributed by atoms with Crippen LogP contribution in [0.2, 0.25) is 0 Å². The summed E-state index contributed by atoms with van der Waals surface area (Å²) in [7, 11) is 0. The number of anilines is 1. The monoisotopic (exact) mass is 431 g/mol. The molecule has 4 aromatic rings. The maximum absolute atomic E-state index is 13.7. The molecule has 162 valence electrons. The number of amides is 3. The van der Waals surface area contributed by atoms with E-state index in [-0.39, 0.29) is 24.3 Å². The first kappa shape index (κ1) is 21.1. The Morgan fingerprint density at radius 1 is 0.969 bits per heavy atom. The van der Waals surface area contributed by atoms with Gasteiger partial charge in [-0.1, -0.05) is 36.4 Å². The number of rotatable bonds is 6. The lowest BCUT2D eigenvalue weighted by Gasteiger charge is -2.13. The summed E-state index contributed by atoms with van der Waals surface area (Å²) in [4.78, 5) is 24.6. The van der Waals surface area contributed by atoms with Gasteiger partial charge >= 0.3 is 6.03 Å². The van der Waals surface area contributed by atoms with E-state index in [9.17, 15) is 14.0 Å². The van der Waals surface area contributed by atoms with E-state index in [0.717, 1.165) is 11.0 Å². The molecule has 1 aromatic heterocycles. The molecule has 0 saturated heterocycles. The van der Waals surface area contributed by atoms with Crippen molar-refractivity contribution in [3.63, 3.8) is 0 Å². The fraction of sp³-hybridized carbons (Fsp3) is 0.120. The van der Waals surface area contributed by atoms with Gasteiger partial charge in [-0.15, -0.1) is 0 Å². The molecule has 6 nitrogen and oxygen atoms in total. The Hall–Kier alpha value is -4.13. The van der Waals surface area contributed by atoms with E-state index in [1.54, 1.807) is 42.5 Å². The number of urea groups is 1. The highest BCUT2D eigenvalue weighted by Crippen LogP contribution is 2.23. The van der Waals surface area contributed by atoms with Crippen LogP contribution >= 0.6 is 0 Å². The van der Waals surface area contributed by atoms with Crippen LogP contribution in [-0.4, -0.2) is 11.9 Å². The lowest BCUT2D eigenvalue weighted by Crippen LogP contribution is -2.31. The summed E-state index contributed by atoms with van der Waals surface area (Å²) in [5, 5.41) is 9.22. The van der Waals surface area contributed by atoms with Gasteiger partial charge in [0.2, 0.25) is 0 Å². The molecule has 0 aliphatic rings. The van der Waals surface area contributed by atoms with Gasteiger partial charge in [0.1, 0.15) is 17.2 Å². The van der Waals surface area contributed by atoms with Gasteiger partial charge in [-0.3, -0.25) is 4.79 Å². The van der Waals surface area contributed by atoms with Crippen LogP contribution in [-0.2, 0) is 6.54 Å². The van der Waals surface area contributed by atoms with Gasteiger partial charge in [0.15, 0.2) is 0 Å². The van der Waals surface area contributed by atoms with Crippen molar-refractivity contribution in [3.8, 4) is 0 Å². The van der Waals surface area contributed by atoms with Crippen molar-refractivity contribution in [2.75, 3.05) is 5.32 Å². The number of nitrogens with one attached hydrogen (secondary N) is 3. The number of hydrogen-bond acceptors (Lipinski definition) is 3. The molecule has 3 amide bonds. The lowest BCUT2D eigenvalue weighted by atomic mass is 10.1. The van der Waals surface area contributed by atoms with Gasteiger partial charge in [-0.25, -0.2) is 9.18 Å². The maximum atomic E-state index is 13.7. The Balaban J connectivity index is 1.31. The third kappa shape index (κ3) is 4.95. The molecule has 0 aliphatic carbocycles. The van der Waals surface area contributed by atoms with E-state index in [2.05, 4.69) is 16.0 Å². The van der Waals surface area contributed by atoms with Gasteiger partial charge in [0.25, 0.3) is 5.91 Å². The van der Waals surface area contributed by atoms with Crippen molar-refractivity contribution in [2.45, 2.75) is 19.5 Å². The van der Waals surface area contributed by atoms with Gasteiger partial charge < -0.3 is 20.4 Å². The zero-order valence-corrected chi connectivity index (χ0v) is 17.4. The minimum absolute atomic E-state index is 0.0909. The summed E-state index contributed by atoms with van der Waals surface area (Å²) < 4.78 is 19.4. The summed E-state index contributed by atoms with van der Waals surface area (Å²) >= 11 is 0. The summed E-state index contributed by atoms with van der Waals surface area (Å²) in [5.74, 6) is -0.0405. The Bertz CT molecular complexity index is 1220. The van der Waals surface area contributed by atoms with E-state index in [0.29, 0.717) is 22.6 Å². The molecule has 1 atom stereocenters. The van der Waals surface area contributed by atoms with E-state index in [1.165, 1.54) is 6.07 Å². The summed E-state index contributed by atoms with van der Waals surface area (Å²) in [5.41, 5.74) is 2.11. The molecule has 0 radical (unpaired) electrons. The number of benzene rings is 3. The quantitative estimate of drug-likeness (QED) is 0.383. The molecular weight excluding hydrogens is 409 g/mol. The highest BCUT2D eigenvalue weighted by molar-refractivity contribution is 5.95. The zero-order valence-electron chi connectivity index (χ0n) is 17.4. The molecule has 0 saturated carbocycles. The molecule has 0 aliphatic heterocycles. The topological polar surface area (TPSA) is 83.4 Å². The Labute approximate surface area is 184 Å². The highest BCUT2D eigenvalue weighted by atomic mass is 19.1. The molecule has 7 heteroatoms. The van der Waals surface area contributed by atoms with E-state index >= 15 is 0 Å². The number of fused-ring (bicyclic) bond motifs is 1. The first-order valence-corrected chi connectivity index (χ1v) is 10.2. The standard InChI is InChI=1S/C25H22FN3O3/c1-16(23-14-18-6-3-5-9-22(18)32-23)28-25(31)29-20-12-10-17(11-13-20)24(30)27-15-19-7-2-4-8-21(19)26/h2-14,16H,15H2,1H3,(H,27,30)(H2,28,29,31). The van der Waals surface area contributed by atoms with Crippen molar-refractivity contribution in [1.29, 1.82) is 0 Å². The fourth-order valence-corrected chi connectivity index (χ4v) is 3.28. The predicted octanol–water partition coefficient (Wildman–Crippen LogP) is 5.38. The van der Waals surface area contributed by atoms with Gasteiger partial charge in [0.05, 0.1) is 6.04 Å². The first-order chi connectivity index (χ1) is 15.5. The van der Waals surface area contributed by atoms with Crippen LogP contribution in [0.1, 0.15) is 34.6 Å². The van der Waals surface area contributed by atoms with Crippen molar-refractivity contribution in [3.05, 3.63) is 102 Å². The van der Waals surface area contributed by atoms with E-state index in [4.69, 9.17) is 4.42 Å². The van der Waals surface area contributed by atoms with Gasteiger partial charge in [0, 0.05) is 28.7 Å². The SMILES string of the molecule is CC(NC(=O)Nc1ccc(C(=O)NCc2ccccc2F)cc1)c1cc2ccccc2o1. The summed E-state index contributed by atoms with van der Waals surface area (Å²) in [6, 6.07) is 21.5. The predicted molar refractivity (Wildman–Crippen MR) is 121 cm³/mol. The first-order valence-electron chi connectivity index (χ1n) is 10.2. The summed E-state index contributed by atoms with van der Waals surface area (Å²) in [6.07, 6.45) is 0. The minimum atomic E-state index is -0.394. The van der Waals surface area contributed by atoms with E-state index < -0.39 is 6.03 Å². The summed E-state index contributed by atoms with van der Waals surface area (Å²) in [6.45, 7) is 1.92. The van der Waals surface area contributed by atoms with Crippen molar-refractivity contribution in [1.82, 2.24) is 10.6 Å². The second-order valence-corrected chi connectivity index (χ2v) is 7.36. The molecule has 0 fully saturated rings. The van der Waals surface area contributed by atoms with Crippen molar-refractivity contribution >= 4 is 28.6 Å². The van der Waals surface area contributed by atoms with Crippen LogP contribution in [0.4, 0.5) is 14.9 Å². The molecule has 0 bridgehead atoms. The maximum Gasteiger partial charge on any atom is 0.319 e. The zero-order chi connectivity index (χ0) is 22.5. The van der Waals surface area contributed by atoms with Crippen LogP contribution in [0.5, 0.6) is 0 Å². The fourth-order valence-electron chi connectivity index (χ4n) is 3.28. The Morgan fingerprint density at radius 2 is 1.69 bits per heavy atom. The number of carbonyl (C=O) groups excluding carboxylic acids is 2. The molecule has 0 spiro atoms. The van der Waals surface area contributed by atoms with Crippen LogP contribution in [0.3, 0.4) is 0 Å². The average Bonchev–Trinajstić information content (AvgIpc) is 3.23. The molecule has 4 rings (SSSR count). The highest BCUT2D eigenvalue weighted by Gasteiger charge is 2.14. The van der Waals surface area contributed by atoms with Gasteiger partial charge in [-0.05, 0) is 49.4 Å². The number of hydrogen-bond donors (Lipinski definition) is 3. The normalized spacial score (nSPS) is 11.7. The largest absolute Gasteiger partial charge is 0.459 e. The van der Waals surface area contributed by atoms with Gasteiger partial charge in [-0.2, -0.15) is 0 Å². The lowest BCUT2D eigenvalue weighted by molar-refractivity contribution is 0.0950. The van der Waals surface area contributed by atoms with Crippen LogP contribution < -0.4 is 16.0 Å². The smallest absolute Gasteiger partial charge is 0.319 e. The molecule has 3 aromatic carbocycles. The Kier molecular flexibility index (Phi) is 6.17. The third-order valence-corrected chi connectivity index (χ3v) is 5.02. The average molecular weight is 431 g/mol. The molecule has 1 heterocycles. The van der Waals surface area contributed by atoms with Crippen LogP contribution in [0.15, 0.2) is 83.3 Å². The molecule has 1 unspecified atom stereocenters. The van der Waals surface area contributed by atoms with Crippen molar-refractivity contribution < 1.29 is 18.4 Å². The number of para-hydroxylation sites is 1. The Morgan fingerprint density at radius 3 is 2.44 bits per heavy atom. The second-order valence-electron chi connectivity index (χ2n) is 7.36. The van der Waals surface area contributed by atoms with Crippen LogP contribution in [0.25, 0.3) is 11.0 Å². The molecule has 32 heavy (non-hydrogen) atoms. The molecule has 3 N–H and O–H groups in total.